The van der Waals surface area contributed by atoms with E-state index in [1.54, 1.807) is 0 Å². The van der Waals surface area contributed by atoms with Crippen LogP contribution >= 0.6 is 0 Å². The lowest BCUT2D eigenvalue weighted by atomic mass is 10.1. The molecule has 1 N–H and O–H groups in total. The Morgan fingerprint density at radius 3 is 2.55 bits per heavy atom. The van der Waals surface area contributed by atoms with E-state index in [4.69, 9.17) is 4.74 Å². The molecule has 0 amide bonds. The number of hydrogen-bond acceptors (Lipinski definition) is 3. The van der Waals surface area contributed by atoms with E-state index < -0.39 is 0 Å². The molecule has 0 atom stereocenters. The molecule has 114 valence electrons. The first-order valence-electron chi connectivity index (χ1n) is 7.87. The lowest BCUT2D eigenvalue weighted by molar-refractivity contribution is 0.286. The molecule has 0 bridgehead atoms. The lowest BCUT2D eigenvalue weighted by Crippen LogP contribution is -2.13. The van der Waals surface area contributed by atoms with Gasteiger partial charge in [0.2, 0.25) is 5.88 Å². The fourth-order valence-corrected chi connectivity index (χ4v) is 1.99. The summed E-state index contributed by atoms with van der Waals surface area (Å²) in [5.41, 5.74) is 2.36. The molecule has 0 aliphatic heterocycles. The number of pyridine rings is 1. The van der Waals surface area contributed by atoms with Gasteiger partial charge in [-0.2, -0.15) is 0 Å². The molecule has 0 saturated heterocycles. The van der Waals surface area contributed by atoms with Crippen molar-refractivity contribution in [2.45, 2.75) is 59.9 Å². The maximum atomic E-state index is 5.83. The van der Waals surface area contributed by atoms with Crippen LogP contribution in [0.5, 0.6) is 5.88 Å². The average Bonchev–Trinajstić information content (AvgIpc) is 2.41. The van der Waals surface area contributed by atoms with Gasteiger partial charge in [0, 0.05) is 18.3 Å². The van der Waals surface area contributed by atoms with Crippen LogP contribution in [-0.2, 0) is 6.54 Å². The van der Waals surface area contributed by atoms with E-state index in [1.165, 1.54) is 12.0 Å². The second kappa shape index (κ2) is 8.96. The van der Waals surface area contributed by atoms with Gasteiger partial charge in [-0.25, -0.2) is 4.98 Å². The Hall–Kier alpha value is -1.09. The molecule has 1 aromatic heterocycles. The van der Waals surface area contributed by atoms with Crippen LogP contribution in [0.15, 0.2) is 12.1 Å². The molecule has 1 heterocycles. The van der Waals surface area contributed by atoms with Crippen LogP contribution in [0.25, 0.3) is 0 Å². The zero-order valence-electron chi connectivity index (χ0n) is 13.7. The van der Waals surface area contributed by atoms with E-state index in [1.807, 2.05) is 0 Å². The van der Waals surface area contributed by atoms with E-state index in [0.717, 1.165) is 43.6 Å². The van der Waals surface area contributed by atoms with Gasteiger partial charge in [0.1, 0.15) is 0 Å². The van der Waals surface area contributed by atoms with Crippen molar-refractivity contribution in [2.24, 2.45) is 5.92 Å². The number of nitrogens with one attached hydrogen (secondary N) is 1. The molecule has 0 aliphatic carbocycles. The van der Waals surface area contributed by atoms with Gasteiger partial charge in [-0.1, -0.05) is 34.6 Å². The molecule has 0 radical (unpaired) electrons. The minimum absolute atomic E-state index is 0.426. The predicted octanol–water partition coefficient (Wildman–Crippen LogP) is 4.13. The molecular formula is C17H30N2O. The maximum absolute atomic E-state index is 5.83. The highest BCUT2D eigenvalue weighted by Gasteiger charge is 2.07. The highest BCUT2D eigenvalue weighted by atomic mass is 16.5. The zero-order valence-corrected chi connectivity index (χ0v) is 13.7. The van der Waals surface area contributed by atoms with Gasteiger partial charge in [-0.15, -0.1) is 0 Å². The third-order valence-electron chi connectivity index (χ3n) is 3.23. The van der Waals surface area contributed by atoms with E-state index >= 15 is 0 Å². The molecule has 1 aromatic rings. The first-order chi connectivity index (χ1) is 9.52. The summed E-state index contributed by atoms with van der Waals surface area (Å²) in [4.78, 5) is 4.61. The predicted molar refractivity (Wildman–Crippen MR) is 85.3 cm³/mol. The smallest absolute Gasteiger partial charge is 0.213 e. The standard InChI is InChI=1S/C17H30N2O/c1-6-18-12-15-10-16(14(4)5)19-17(11-15)20-9-7-8-13(2)3/h10-11,13-14,18H,6-9,12H2,1-5H3. The van der Waals surface area contributed by atoms with E-state index in [9.17, 15) is 0 Å². The summed E-state index contributed by atoms with van der Waals surface area (Å²) in [6.07, 6.45) is 2.29. The normalized spacial score (nSPS) is 11.3. The number of hydrogen-bond donors (Lipinski definition) is 1. The van der Waals surface area contributed by atoms with Crippen molar-refractivity contribution in [1.82, 2.24) is 10.3 Å². The molecule has 1 rings (SSSR count). The topological polar surface area (TPSA) is 34.1 Å². The molecule has 0 fully saturated rings. The van der Waals surface area contributed by atoms with Gasteiger partial charge in [0.05, 0.1) is 6.61 Å². The Balaban J connectivity index is 2.65. The van der Waals surface area contributed by atoms with Crippen LogP contribution in [0.1, 0.15) is 64.6 Å². The highest BCUT2D eigenvalue weighted by Crippen LogP contribution is 2.19. The molecule has 0 saturated carbocycles. The van der Waals surface area contributed by atoms with Gasteiger partial charge >= 0.3 is 0 Å². The second-order valence-corrected chi connectivity index (χ2v) is 6.06. The molecular weight excluding hydrogens is 248 g/mol. The van der Waals surface area contributed by atoms with Crippen molar-refractivity contribution < 1.29 is 4.74 Å². The summed E-state index contributed by atoms with van der Waals surface area (Å²) in [5, 5.41) is 3.36. The first kappa shape index (κ1) is 17.0. The van der Waals surface area contributed by atoms with E-state index in [2.05, 4.69) is 57.1 Å². The van der Waals surface area contributed by atoms with Crippen molar-refractivity contribution in [3.8, 4) is 5.88 Å². The average molecular weight is 278 g/mol. The van der Waals surface area contributed by atoms with Crippen LogP contribution in [0.4, 0.5) is 0 Å². The Morgan fingerprint density at radius 2 is 1.95 bits per heavy atom. The molecule has 0 aromatic carbocycles. The third kappa shape index (κ3) is 6.38. The van der Waals surface area contributed by atoms with Crippen molar-refractivity contribution in [3.63, 3.8) is 0 Å². The van der Waals surface area contributed by atoms with Gasteiger partial charge in [0.15, 0.2) is 0 Å². The Labute approximate surface area is 124 Å². The minimum Gasteiger partial charge on any atom is -0.478 e. The van der Waals surface area contributed by atoms with Crippen molar-refractivity contribution >= 4 is 0 Å². The van der Waals surface area contributed by atoms with Crippen molar-refractivity contribution in [3.05, 3.63) is 23.4 Å². The van der Waals surface area contributed by atoms with E-state index in [-0.39, 0.29) is 0 Å². The minimum atomic E-state index is 0.426. The Morgan fingerprint density at radius 1 is 1.20 bits per heavy atom. The molecule has 3 nitrogen and oxygen atoms in total. The zero-order chi connectivity index (χ0) is 15.0. The van der Waals surface area contributed by atoms with Crippen molar-refractivity contribution in [2.75, 3.05) is 13.2 Å². The number of aromatic nitrogens is 1. The molecule has 0 unspecified atom stereocenters. The maximum Gasteiger partial charge on any atom is 0.213 e. The molecule has 0 spiro atoms. The molecule has 20 heavy (non-hydrogen) atoms. The number of ether oxygens (including phenoxy) is 1. The van der Waals surface area contributed by atoms with Crippen molar-refractivity contribution in [1.29, 1.82) is 0 Å². The number of nitrogens with zero attached hydrogens (tertiary/aromatic N) is 1. The van der Waals surface area contributed by atoms with Crippen LogP contribution in [0.2, 0.25) is 0 Å². The monoisotopic (exact) mass is 278 g/mol. The summed E-state index contributed by atoms with van der Waals surface area (Å²) in [5.74, 6) is 1.93. The van der Waals surface area contributed by atoms with Gasteiger partial charge in [0.25, 0.3) is 0 Å². The highest BCUT2D eigenvalue weighted by molar-refractivity contribution is 5.26. The quantitative estimate of drug-likeness (QED) is 0.690. The largest absolute Gasteiger partial charge is 0.478 e. The van der Waals surface area contributed by atoms with Crippen LogP contribution in [0, 0.1) is 5.92 Å². The second-order valence-electron chi connectivity index (χ2n) is 6.06. The van der Waals surface area contributed by atoms with Gasteiger partial charge in [-0.05, 0) is 42.9 Å². The summed E-state index contributed by atoms with van der Waals surface area (Å²) < 4.78 is 5.83. The Bertz CT molecular complexity index is 389. The fourth-order valence-electron chi connectivity index (χ4n) is 1.99. The van der Waals surface area contributed by atoms with Gasteiger partial charge < -0.3 is 10.1 Å². The van der Waals surface area contributed by atoms with Crippen LogP contribution in [-0.4, -0.2) is 18.1 Å². The Kier molecular flexibility index (Phi) is 7.60. The van der Waals surface area contributed by atoms with Crippen LogP contribution < -0.4 is 10.1 Å². The molecule has 0 aliphatic rings. The third-order valence-corrected chi connectivity index (χ3v) is 3.23. The van der Waals surface area contributed by atoms with Gasteiger partial charge in [-0.3, -0.25) is 0 Å². The summed E-state index contributed by atoms with van der Waals surface area (Å²) in [6.45, 7) is 13.5. The fraction of sp³-hybridized carbons (Fsp3) is 0.706. The summed E-state index contributed by atoms with van der Waals surface area (Å²) in [7, 11) is 0. The summed E-state index contributed by atoms with van der Waals surface area (Å²) in [6, 6.07) is 4.23. The van der Waals surface area contributed by atoms with E-state index in [0.29, 0.717) is 5.92 Å². The molecule has 3 heteroatoms. The van der Waals surface area contributed by atoms with Crippen LogP contribution in [0.3, 0.4) is 0 Å². The lowest BCUT2D eigenvalue weighted by Gasteiger charge is -2.13. The number of rotatable bonds is 9. The first-order valence-corrected chi connectivity index (χ1v) is 7.87. The summed E-state index contributed by atoms with van der Waals surface area (Å²) >= 11 is 0. The SMILES string of the molecule is CCNCc1cc(OCCCC(C)C)nc(C(C)C)c1.